The van der Waals surface area contributed by atoms with Crippen LogP contribution in [0.15, 0.2) is 47.7 Å². The van der Waals surface area contributed by atoms with Crippen LogP contribution in [0.5, 0.6) is 5.75 Å². The summed E-state index contributed by atoms with van der Waals surface area (Å²) in [5.74, 6) is -0.133. The van der Waals surface area contributed by atoms with Crippen molar-refractivity contribution >= 4 is 5.82 Å². The summed E-state index contributed by atoms with van der Waals surface area (Å²) >= 11 is 0. The first-order valence-electron chi connectivity index (χ1n) is 12.1. The number of aromatic hydroxyl groups is 1. The Balaban J connectivity index is 1.29. The van der Waals surface area contributed by atoms with Gasteiger partial charge in [-0.2, -0.15) is 0 Å². The predicted molar refractivity (Wildman–Crippen MR) is 129 cm³/mol. The smallest absolute Gasteiger partial charge is 0.250 e. The van der Waals surface area contributed by atoms with Crippen LogP contribution in [0.25, 0.3) is 22.4 Å². The fourth-order valence-corrected chi connectivity index (χ4v) is 5.52. The number of benzene rings is 1. The number of hydrogen-bond acceptors (Lipinski definition) is 6. The van der Waals surface area contributed by atoms with Crippen molar-refractivity contribution in [2.24, 2.45) is 7.05 Å². The minimum atomic E-state index is -0.962. The number of phenolic OH excluding ortho intramolecular Hbond substituents is 1. The second-order valence-electron chi connectivity index (χ2n) is 9.91. The van der Waals surface area contributed by atoms with Crippen molar-refractivity contribution in [2.45, 2.75) is 62.4 Å². The van der Waals surface area contributed by atoms with E-state index in [1.807, 2.05) is 0 Å². The number of piperidine rings is 1. The third kappa shape index (κ3) is 3.97. The van der Waals surface area contributed by atoms with Gasteiger partial charge in [-0.05, 0) is 55.9 Å². The monoisotopic (exact) mass is 479 g/mol. The van der Waals surface area contributed by atoms with Gasteiger partial charge in [-0.25, -0.2) is 13.8 Å². The highest BCUT2D eigenvalue weighted by Gasteiger charge is 2.48. The van der Waals surface area contributed by atoms with E-state index in [2.05, 4.69) is 20.2 Å². The lowest BCUT2D eigenvalue weighted by Gasteiger charge is -2.41. The maximum Gasteiger partial charge on any atom is 0.250 e. The summed E-state index contributed by atoms with van der Waals surface area (Å²) < 4.78 is 31.7. The number of hydrogen-bond donors (Lipinski definition) is 2. The van der Waals surface area contributed by atoms with Crippen LogP contribution in [0.1, 0.15) is 32.1 Å². The minimum Gasteiger partial charge on any atom is -0.507 e. The largest absolute Gasteiger partial charge is 0.507 e. The molecule has 3 aromatic rings. The first-order valence-corrected chi connectivity index (χ1v) is 12.1. The molecule has 0 spiro atoms. The number of fused-ring (bicyclic) bond motifs is 2. The molecule has 7 nitrogen and oxygen atoms in total. The lowest BCUT2D eigenvalue weighted by molar-refractivity contribution is 0.171. The van der Waals surface area contributed by atoms with E-state index in [0.717, 1.165) is 32.1 Å². The first-order chi connectivity index (χ1) is 16.9. The average Bonchev–Trinajstić information content (AvgIpc) is 3.60. The van der Waals surface area contributed by atoms with E-state index in [0.29, 0.717) is 23.1 Å². The highest BCUT2D eigenvalue weighted by atomic mass is 19.1. The Labute approximate surface area is 201 Å². The molecule has 1 saturated carbocycles. The number of nitrogens with one attached hydrogen (secondary N) is 1. The Morgan fingerprint density at radius 3 is 2.66 bits per heavy atom. The summed E-state index contributed by atoms with van der Waals surface area (Å²) in [6.07, 6.45) is 8.30. The number of anilines is 1. The van der Waals surface area contributed by atoms with Gasteiger partial charge in [-0.15, -0.1) is 0 Å². The maximum absolute atomic E-state index is 15.3. The van der Waals surface area contributed by atoms with Crippen molar-refractivity contribution in [3.8, 4) is 28.1 Å². The van der Waals surface area contributed by atoms with Gasteiger partial charge in [-0.3, -0.25) is 9.78 Å². The molecule has 4 unspecified atom stereocenters. The summed E-state index contributed by atoms with van der Waals surface area (Å²) in [5.41, 5.74) is 0.757. The van der Waals surface area contributed by atoms with Crippen LogP contribution >= 0.6 is 0 Å². The zero-order chi connectivity index (χ0) is 24.3. The number of alkyl halides is 1. The molecule has 35 heavy (non-hydrogen) atoms. The van der Waals surface area contributed by atoms with Crippen LogP contribution in [0.2, 0.25) is 0 Å². The summed E-state index contributed by atoms with van der Waals surface area (Å²) in [7, 11) is 1.61. The normalized spacial score (nSPS) is 25.6. The van der Waals surface area contributed by atoms with Crippen LogP contribution in [0, 0.1) is 5.82 Å². The SMILES string of the molecule is Cn1ccc(-c2cc(O)c(-c3cnc(N(C4CC4)C4CC5CCC(N5)C4F)cn3)cc2F)cc1=O. The second-order valence-corrected chi connectivity index (χ2v) is 9.91. The molecule has 0 amide bonds. The van der Waals surface area contributed by atoms with Gasteiger partial charge in [0.2, 0.25) is 0 Å². The summed E-state index contributed by atoms with van der Waals surface area (Å²) in [4.78, 5) is 23.1. The van der Waals surface area contributed by atoms with Crippen molar-refractivity contribution in [2.75, 3.05) is 4.90 Å². The van der Waals surface area contributed by atoms with E-state index in [1.165, 1.54) is 29.0 Å². The topological polar surface area (TPSA) is 83.3 Å². The van der Waals surface area contributed by atoms with E-state index < -0.39 is 12.0 Å². The maximum atomic E-state index is 15.3. The van der Waals surface area contributed by atoms with Crippen molar-refractivity contribution in [3.63, 3.8) is 0 Å². The Morgan fingerprint density at radius 2 is 1.94 bits per heavy atom. The molecule has 2 saturated heterocycles. The number of pyridine rings is 1. The molecule has 2 bridgehead atoms. The number of nitrogens with zero attached hydrogens (tertiary/aromatic N) is 4. The molecule has 3 fully saturated rings. The molecule has 3 aliphatic rings. The molecule has 1 aliphatic carbocycles. The van der Waals surface area contributed by atoms with Crippen LogP contribution < -0.4 is 15.8 Å². The molecular weight excluding hydrogens is 452 g/mol. The first kappa shape index (κ1) is 22.2. The zero-order valence-electron chi connectivity index (χ0n) is 19.4. The molecule has 4 heterocycles. The van der Waals surface area contributed by atoms with Gasteiger partial charge >= 0.3 is 0 Å². The van der Waals surface area contributed by atoms with Crippen LogP contribution in [0.4, 0.5) is 14.6 Å². The van der Waals surface area contributed by atoms with E-state index >= 15 is 4.39 Å². The number of rotatable bonds is 5. The van der Waals surface area contributed by atoms with E-state index in [4.69, 9.17) is 0 Å². The van der Waals surface area contributed by atoms with Gasteiger partial charge in [0.15, 0.2) is 0 Å². The van der Waals surface area contributed by atoms with Gasteiger partial charge in [-0.1, -0.05) is 0 Å². The second kappa shape index (κ2) is 8.41. The van der Waals surface area contributed by atoms with Crippen molar-refractivity contribution in [3.05, 3.63) is 59.0 Å². The molecule has 2 N–H and O–H groups in total. The van der Waals surface area contributed by atoms with Crippen molar-refractivity contribution in [1.82, 2.24) is 19.9 Å². The highest BCUT2D eigenvalue weighted by Crippen LogP contribution is 2.40. The Hall–Kier alpha value is -3.33. The lowest BCUT2D eigenvalue weighted by Crippen LogP contribution is -2.57. The highest BCUT2D eigenvalue weighted by molar-refractivity contribution is 5.74. The van der Waals surface area contributed by atoms with Crippen LogP contribution in [-0.4, -0.2) is 50.0 Å². The number of halogens is 2. The van der Waals surface area contributed by atoms with Crippen molar-refractivity contribution < 1.29 is 13.9 Å². The average molecular weight is 480 g/mol. The molecule has 4 atom stereocenters. The van der Waals surface area contributed by atoms with Crippen molar-refractivity contribution in [1.29, 1.82) is 0 Å². The fraction of sp³-hybridized carbons (Fsp3) is 0.423. The van der Waals surface area contributed by atoms with E-state index in [1.54, 1.807) is 25.5 Å². The molecule has 2 aromatic heterocycles. The standard InChI is InChI=1S/C26H27F2N5O2/c1-32-7-6-14(8-25(32)35)17-11-23(34)18(10-19(17)27)21-12-30-24(13-29-21)33(16-3-4-16)22-9-15-2-5-20(31-15)26(22)28/h6-8,10-13,15-16,20,22,26,31,34H,2-5,9H2,1H3. The van der Waals surface area contributed by atoms with Gasteiger partial charge in [0, 0.05) is 48.6 Å². The quantitative estimate of drug-likeness (QED) is 0.583. The minimum absolute atomic E-state index is 0.101. The van der Waals surface area contributed by atoms with Gasteiger partial charge < -0.3 is 19.9 Å². The fourth-order valence-electron chi connectivity index (χ4n) is 5.52. The molecular formula is C26H27F2N5O2. The van der Waals surface area contributed by atoms with Gasteiger partial charge in [0.05, 0.1) is 24.1 Å². The van der Waals surface area contributed by atoms with Gasteiger partial charge in [0.25, 0.3) is 5.56 Å². The van der Waals surface area contributed by atoms with Crippen LogP contribution in [-0.2, 0) is 7.05 Å². The molecule has 9 heteroatoms. The lowest BCUT2D eigenvalue weighted by atomic mass is 9.96. The molecule has 1 aromatic carbocycles. The Kier molecular flexibility index (Phi) is 5.32. The Bertz CT molecular complexity index is 1320. The zero-order valence-corrected chi connectivity index (χ0v) is 19.4. The number of aryl methyl sites for hydroxylation is 1. The summed E-state index contributed by atoms with van der Waals surface area (Å²) in [6.45, 7) is 0. The molecule has 6 rings (SSSR count). The molecule has 0 radical (unpaired) electrons. The summed E-state index contributed by atoms with van der Waals surface area (Å²) in [6, 6.07) is 5.71. The molecule has 2 aliphatic heterocycles. The van der Waals surface area contributed by atoms with E-state index in [9.17, 15) is 14.3 Å². The van der Waals surface area contributed by atoms with Crippen LogP contribution in [0.3, 0.4) is 0 Å². The number of aromatic nitrogens is 3. The summed E-state index contributed by atoms with van der Waals surface area (Å²) in [5, 5.41) is 14.0. The third-order valence-electron chi connectivity index (χ3n) is 7.53. The predicted octanol–water partition coefficient (Wildman–Crippen LogP) is 3.55. The third-order valence-corrected chi connectivity index (χ3v) is 7.53. The molecule has 182 valence electrons. The Morgan fingerprint density at radius 1 is 1.11 bits per heavy atom. The van der Waals surface area contributed by atoms with E-state index in [-0.39, 0.29) is 40.6 Å². The van der Waals surface area contributed by atoms with Gasteiger partial charge in [0.1, 0.15) is 23.6 Å². The number of phenols is 1.